The topological polar surface area (TPSA) is 66.8 Å². The van der Waals surface area contributed by atoms with Gasteiger partial charge < -0.3 is 14.7 Å². The van der Waals surface area contributed by atoms with Crippen molar-refractivity contribution >= 4 is 22.6 Å². The summed E-state index contributed by atoms with van der Waals surface area (Å²) >= 11 is 0. The van der Waals surface area contributed by atoms with Gasteiger partial charge in [-0.25, -0.2) is 4.79 Å². The Morgan fingerprint density at radius 3 is 2.67 bits per heavy atom. The van der Waals surface area contributed by atoms with Crippen molar-refractivity contribution in [1.29, 1.82) is 0 Å². The number of likely N-dealkylation sites (tertiary alicyclic amines) is 1. The quantitative estimate of drug-likeness (QED) is 0.825. The number of Topliss-reactive ketones (excluding diaryl/α,β-unsaturated/α-hetero) is 1. The highest BCUT2D eigenvalue weighted by Crippen LogP contribution is 2.27. The van der Waals surface area contributed by atoms with Crippen LogP contribution < -0.4 is 0 Å². The highest BCUT2D eigenvalue weighted by atomic mass is 16.6. The van der Waals surface area contributed by atoms with Gasteiger partial charge in [0.25, 0.3) is 0 Å². The molecule has 2 aromatic rings. The molecule has 0 aromatic heterocycles. The molecule has 27 heavy (non-hydrogen) atoms. The lowest BCUT2D eigenvalue weighted by Gasteiger charge is -2.33. The maximum Gasteiger partial charge on any atom is 0.410 e. The third-order valence-corrected chi connectivity index (χ3v) is 4.85. The van der Waals surface area contributed by atoms with Gasteiger partial charge in [0.05, 0.1) is 6.61 Å². The third-order valence-electron chi connectivity index (χ3n) is 4.85. The number of rotatable bonds is 3. The van der Waals surface area contributed by atoms with E-state index in [1.165, 1.54) is 0 Å². The molecule has 1 N–H and O–H groups in total. The Balaban J connectivity index is 1.81. The molecule has 144 valence electrons. The molecular formula is C22H27NO4. The molecule has 1 amide bonds. The number of carbonyl (C=O) groups excluding carboxylic acids is 2. The van der Waals surface area contributed by atoms with E-state index in [-0.39, 0.29) is 24.4 Å². The molecule has 1 atom stereocenters. The monoisotopic (exact) mass is 369 g/mol. The predicted molar refractivity (Wildman–Crippen MR) is 105 cm³/mol. The number of aliphatic hydroxyl groups excluding tert-OH is 1. The molecule has 1 unspecified atom stereocenters. The van der Waals surface area contributed by atoms with Crippen molar-refractivity contribution in [3.63, 3.8) is 0 Å². The number of fused-ring (bicyclic) bond motifs is 1. The number of ketones is 1. The number of hydrogen-bond donors (Lipinski definition) is 1. The summed E-state index contributed by atoms with van der Waals surface area (Å²) in [6.07, 6.45) is 1.16. The number of nitrogens with zero attached hydrogens (tertiary/aromatic N) is 1. The Hall–Kier alpha value is -2.40. The van der Waals surface area contributed by atoms with Crippen molar-refractivity contribution in [2.45, 2.75) is 45.8 Å². The molecule has 0 bridgehead atoms. The summed E-state index contributed by atoms with van der Waals surface area (Å²) in [5, 5.41) is 11.6. The van der Waals surface area contributed by atoms with E-state index in [0.717, 1.165) is 29.2 Å². The minimum atomic E-state index is -0.553. The second-order valence-corrected chi connectivity index (χ2v) is 8.14. The van der Waals surface area contributed by atoms with Gasteiger partial charge in [-0.2, -0.15) is 0 Å². The lowest BCUT2D eigenvalue weighted by molar-refractivity contribution is 0.0172. The first-order valence-electron chi connectivity index (χ1n) is 9.43. The molecule has 5 heteroatoms. The van der Waals surface area contributed by atoms with Crippen LogP contribution in [0.1, 0.15) is 49.5 Å². The van der Waals surface area contributed by atoms with Crippen LogP contribution in [0.2, 0.25) is 0 Å². The van der Waals surface area contributed by atoms with E-state index in [9.17, 15) is 14.7 Å². The summed E-state index contributed by atoms with van der Waals surface area (Å²) in [6.45, 7) is 6.37. The highest BCUT2D eigenvalue weighted by molar-refractivity contribution is 6.02. The van der Waals surface area contributed by atoms with Crippen LogP contribution in [-0.2, 0) is 11.3 Å². The van der Waals surface area contributed by atoms with Crippen LogP contribution in [0.5, 0.6) is 0 Å². The maximum absolute atomic E-state index is 13.1. The molecule has 1 aliphatic rings. The Kier molecular flexibility index (Phi) is 5.51. The first kappa shape index (κ1) is 19.4. The third kappa shape index (κ3) is 4.48. The van der Waals surface area contributed by atoms with Crippen LogP contribution in [0.4, 0.5) is 4.79 Å². The van der Waals surface area contributed by atoms with Crippen molar-refractivity contribution < 1.29 is 19.4 Å². The molecule has 0 spiro atoms. The number of piperidine rings is 1. The van der Waals surface area contributed by atoms with Crippen molar-refractivity contribution in [2.75, 3.05) is 13.1 Å². The minimum absolute atomic E-state index is 0.0173. The normalized spacial score (nSPS) is 17.8. The smallest absolute Gasteiger partial charge is 0.410 e. The fourth-order valence-corrected chi connectivity index (χ4v) is 3.58. The molecule has 0 saturated carbocycles. The van der Waals surface area contributed by atoms with E-state index < -0.39 is 5.60 Å². The maximum atomic E-state index is 13.1. The van der Waals surface area contributed by atoms with Gasteiger partial charge in [0.1, 0.15) is 5.60 Å². The summed E-state index contributed by atoms with van der Waals surface area (Å²) in [7, 11) is 0. The summed E-state index contributed by atoms with van der Waals surface area (Å²) < 4.78 is 5.45. The molecule has 0 radical (unpaired) electrons. The lowest BCUT2D eigenvalue weighted by atomic mass is 9.88. The molecule has 1 saturated heterocycles. The SMILES string of the molecule is CC(C)(C)OC(=O)N1CCCC(C(=O)c2cc(CO)c3ccccc3c2)C1. The van der Waals surface area contributed by atoms with E-state index in [0.29, 0.717) is 18.7 Å². The Bertz CT molecular complexity index is 853. The zero-order valence-electron chi connectivity index (χ0n) is 16.2. The largest absolute Gasteiger partial charge is 0.444 e. The van der Waals surface area contributed by atoms with Gasteiger partial charge in [0, 0.05) is 24.6 Å². The fraction of sp³-hybridized carbons (Fsp3) is 0.455. The van der Waals surface area contributed by atoms with Gasteiger partial charge in [-0.1, -0.05) is 24.3 Å². The van der Waals surface area contributed by atoms with Gasteiger partial charge in [-0.15, -0.1) is 0 Å². The lowest BCUT2D eigenvalue weighted by Crippen LogP contribution is -2.44. The number of ether oxygens (including phenoxy) is 1. The molecule has 0 aliphatic carbocycles. The first-order valence-corrected chi connectivity index (χ1v) is 9.43. The molecular weight excluding hydrogens is 342 g/mol. The standard InChI is InChI=1S/C22H27NO4/c1-22(2,3)27-21(26)23-10-6-8-16(13-23)20(25)17-11-15-7-4-5-9-19(15)18(12-17)14-24/h4-5,7,9,11-12,16,24H,6,8,10,13-14H2,1-3H3. The average Bonchev–Trinajstić information content (AvgIpc) is 2.65. The zero-order valence-corrected chi connectivity index (χ0v) is 16.2. The highest BCUT2D eigenvalue weighted by Gasteiger charge is 2.31. The molecule has 5 nitrogen and oxygen atoms in total. The van der Waals surface area contributed by atoms with Crippen LogP contribution in [-0.4, -0.2) is 40.6 Å². The molecule has 3 rings (SSSR count). The molecule has 1 heterocycles. The van der Waals surface area contributed by atoms with E-state index in [1.807, 2.05) is 51.1 Å². The number of amides is 1. The van der Waals surface area contributed by atoms with E-state index in [2.05, 4.69) is 0 Å². The van der Waals surface area contributed by atoms with Crippen LogP contribution in [0.3, 0.4) is 0 Å². The number of carbonyl (C=O) groups is 2. The summed E-state index contributed by atoms with van der Waals surface area (Å²) in [4.78, 5) is 27.1. The first-order chi connectivity index (χ1) is 12.8. The second kappa shape index (κ2) is 7.69. The number of benzene rings is 2. The van der Waals surface area contributed by atoms with Crippen LogP contribution in [0.15, 0.2) is 36.4 Å². The van der Waals surface area contributed by atoms with Crippen LogP contribution in [0.25, 0.3) is 10.8 Å². The molecule has 1 fully saturated rings. The average molecular weight is 369 g/mol. The predicted octanol–water partition coefficient (Wildman–Crippen LogP) is 4.16. The van der Waals surface area contributed by atoms with Gasteiger partial charge >= 0.3 is 6.09 Å². The van der Waals surface area contributed by atoms with Gasteiger partial charge in [0.2, 0.25) is 0 Å². The van der Waals surface area contributed by atoms with Crippen LogP contribution in [0, 0.1) is 5.92 Å². The fourth-order valence-electron chi connectivity index (χ4n) is 3.58. The summed E-state index contributed by atoms with van der Waals surface area (Å²) in [5.74, 6) is -0.234. The van der Waals surface area contributed by atoms with Crippen molar-refractivity contribution in [1.82, 2.24) is 4.90 Å². The number of aliphatic hydroxyl groups is 1. The molecule has 2 aromatic carbocycles. The van der Waals surface area contributed by atoms with E-state index in [1.54, 1.807) is 11.0 Å². The van der Waals surface area contributed by atoms with Crippen molar-refractivity contribution in [3.05, 3.63) is 47.5 Å². The van der Waals surface area contributed by atoms with Gasteiger partial charge in [-0.05, 0) is 62.1 Å². The van der Waals surface area contributed by atoms with Crippen molar-refractivity contribution in [2.24, 2.45) is 5.92 Å². The Morgan fingerprint density at radius 2 is 1.96 bits per heavy atom. The van der Waals surface area contributed by atoms with Gasteiger partial charge in [-0.3, -0.25) is 4.79 Å². The summed E-state index contributed by atoms with van der Waals surface area (Å²) in [5.41, 5.74) is 0.785. The van der Waals surface area contributed by atoms with Crippen molar-refractivity contribution in [3.8, 4) is 0 Å². The second-order valence-electron chi connectivity index (χ2n) is 8.14. The minimum Gasteiger partial charge on any atom is -0.444 e. The molecule has 1 aliphatic heterocycles. The van der Waals surface area contributed by atoms with E-state index in [4.69, 9.17) is 4.74 Å². The zero-order chi connectivity index (χ0) is 19.6. The Morgan fingerprint density at radius 1 is 1.22 bits per heavy atom. The number of hydrogen-bond acceptors (Lipinski definition) is 4. The van der Waals surface area contributed by atoms with Crippen LogP contribution >= 0.6 is 0 Å². The van der Waals surface area contributed by atoms with E-state index >= 15 is 0 Å². The Labute approximate surface area is 159 Å². The van der Waals surface area contributed by atoms with Gasteiger partial charge in [0.15, 0.2) is 5.78 Å². The summed E-state index contributed by atoms with van der Waals surface area (Å²) in [6, 6.07) is 11.4.